The third-order valence-electron chi connectivity index (χ3n) is 3.02. The van der Waals surface area contributed by atoms with Crippen molar-refractivity contribution in [2.45, 2.75) is 10.1 Å². The molecule has 10 heteroatoms. The highest BCUT2D eigenvalue weighted by molar-refractivity contribution is 7.99. The van der Waals surface area contributed by atoms with E-state index in [4.69, 9.17) is 0 Å². The van der Waals surface area contributed by atoms with Crippen LogP contribution in [0.5, 0.6) is 0 Å². The van der Waals surface area contributed by atoms with Gasteiger partial charge in [-0.3, -0.25) is 4.79 Å². The zero-order valence-corrected chi connectivity index (χ0v) is 12.6. The van der Waals surface area contributed by atoms with Crippen LogP contribution in [0, 0.1) is 0 Å². The second-order valence-electron chi connectivity index (χ2n) is 4.31. The van der Waals surface area contributed by atoms with Crippen LogP contribution in [0.25, 0.3) is 0 Å². The number of tetrazole rings is 1. The van der Waals surface area contributed by atoms with E-state index >= 15 is 0 Å². The van der Waals surface area contributed by atoms with Gasteiger partial charge in [0.1, 0.15) is 4.90 Å². The Morgan fingerprint density at radius 1 is 1.29 bits per heavy atom. The van der Waals surface area contributed by atoms with Gasteiger partial charge >= 0.3 is 0 Å². The highest BCUT2D eigenvalue weighted by atomic mass is 32.2. The molecule has 21 heavy (non-hydrogen) atoms. The lowest BCUT2D eigenvalue weighted by Crippen LogP contribution is -2.32. The molecule has 1 aromatic heterocycles. The summed E-state index contributed by atoms with van der Waals surface area (Å²) in [6, 6.07) is 6.22. The van der Waals surface area contributed by atoms with Crippen molar-refractivity contribution >= 4 is 27.7 Å². The number of aryl methyl sites for hydroxylation is 1. The van der Waals surface area contributed by atoms with Crippen LogP contribution in [-0.4, -0.2) is 51.1 Å². The predicted molar refractivity (Wildman–Crippen MR) is 74.2 cm³/mol. The Morgan fingerprint density at radius 3 is 2.71 bits per heavy atom. The first kappa shape index (κ1) is 14.0. The van der Waals surface area contributed by atoms with Crippen LogP contribution in [0.15, 0.2) is 34.3 Å². The molecule has 0 saturated heterocycles. The first-order valence-electron chi connectivity index (χ1n) is 6.03. The highest BCUT2D eigenvalue weighted by Gasteiger charge is 2.40. The minimum Gasteiger partial charge on any atom is -0.268 e. The van der Waals surface area contributed by atoms with Gasteiger partial charge in [0.2, 0.25) is 5.16 Å². The fourth-order valence-electron chi connectivity index (χ4n) is 2.02. The number of rotatable bonds is 4. The molecule has 0 bridgehead atoms. The van der Waals surface area contributed by atoms with Crippen molar-refractivity contribution < 1.29 is 13.2 Å². The third-order valence-corrected chi connectivity index (χ3v) is 5.85. The van der Waals surface area contributed by atoms with E-state index < -0.39 is 15.9 Å². The number of benzene rings is 1. The van der Waals surface area contributed by atoms with Crippen molar-refractivity contribution in [3.8, 4) is 0 Å². The number of fused-ring (bicyclic) bond motifs is 1. The van der Waals surface area contributed by atoms with Crippen LogP contribution in [0.1, 0.15) is 10.4 Å². The van der Waals surface area contributed by atoms with Crippen molar-refractivity contribution in [3.05, 3.63) is 29.8 Å². The van der Waals surface area contributed by atoms with Gasteiger partial charge in [0, 0.05) is 19.3 Å². The van der Waals surface area contributed by atoms with Gasteiger partial charge in [0.05, 0.1) is 5.56 Å². The summed E-state index contributed by atoms with van der Waals surface area (Å²) < 4.78 is 27.0. The van der Waals surface area contributed by atoms with E-state index in [0.717, 1.165) is 4.31 Å². The van der Waals surface area contributed by atoms with E-state index in [-0.39, 0.29) is 17.0 Å². The lowest BCUT2D eigenvalue weighted by Gasteiger charge is -2.14. The quantitative estimate of drug-likeness (QED) is 0.738. The maximum Gasteiger partial charge on any atom is 0.269 e. The third kappa shape index (κ3) is 2.29. The molecule has 0 fully saturated rings. The SMILES string of the molecule is Cn1nnnc1SCCN1C(=O)c2ccccc2S1(=O)=O. The van der Waals surface area contributed by atoms with E-state index in [1.165, 1.54) is 28.6 Å². The van der Waals surface area contributed by atoms with Gasteiger partial charge in [0.25, 0.3) is 15.9 Å². The summed E-state index contributed by atoms with van der Waals surface area (Å²) in [6.07, 6.45) is 0. The molecule has 0 unspecified atom stereocenters. The Labute approximate surface area is 125 Å². The molecule has 2 aromatic rings. The van der Waals surface area contributed by atoms with E-state index in [1.807, 2.05) is 0 Å². The molecule has 1 aliphatic heterocycles. The molecule has 2 heterocycles. The van der Waals surface area contributed by atoms with Gasteiger partial charge in [-0.25, -0.2) is 17.4 Å². The molecule has 0 aliphatic carbocycles. The first-order valence-corrected chi connectivity index (χ1v) is 8.45. The lowest BCUT2D eigenvalue weighted by molar-refractivity contribution is 0.0876. The average molecular weight is 325 g/mol. The molecular weight excluding hydrogens is 314 g/mol. The molecule has 3 rings (SSSR count). The fraction of sp³-hybridized carbons (Fsp3) is 0.273. The number of hydrogen-bond donors (Lipinski definition) is 0. The maximum absolute atomic E-state index is 12.3. The number of carbonyl (C=O) groups excluding carboxylic acids is 1. The van der Waals surface area contributed by atoms with Crippen LogP contribution in [0.2, 0.25) is 0 Å². The maximum atomic E-state index is 12.3. The first-order chi connectivity index (χ1) is 10.0. The molecule has 0 spiro atoms. The summed E-state index contributed by atoms with van der Waals surface area (Å²) in [4.78, 5) is 12.2. The molecule has 1 amide bonds. The van der Waals surface area contributed by atoms with Gasteiger partial charge in [-0.1, -0.05) is 23.9 Å². The number of sulfonamides is 1. The number of aromatic nitrogens is 4. The standard InChI is InChI=1S/C11H11N5O3S2/c1-15-11(12-13-14-15)20-7-6-16-10(17)8-4-2-3-5-9(8)21(16,18)19/h2-5H,6-7H2,1H3. The van der Waals surface area contributed by atoms with Crippen LogP contribution >= 0.6 is 11.8 Å². The minimum atomic E-state index is -3.73. The largest absolute Gasteiger partial charge is 0.269 e. The second kappa shape index (κ2) is 5.11. The van der Waals surface area contributed by atoms with E-state index in [9.17, 15) is 13.2 Å². The summed E-state index contributed by atoms with van der Waals surface area (Å²) in [5, 5.41) is 11.5. The van der Waals surface area contributed by atoms with E-state index in [2.05, 4.69) is 15.5 Å². The summed E-state index contributed by atoms with van der Waals surface area (Å²) in [5.41, 5.74) is 0.225. The molecule has 0 saturated carbocycles. The van der Waals surface area contributed by atoms with Crippen molar-refractivity contribution in [1.29, 1.82) is 0 Å². The Balaban J connectivity index is 1.76. The van der Waals surface area contributed by atoms with Gasteiger partial charge in [-0.15, -0.1) is 5.10 Å². The number of thioether (sulfide) groups is 1. The monoisotopic (exact) mass is 325 g/mol. The van der Waals surface area contributed by atoms with Gasteiger partial charge < -0.3 is 0 Å². The second-order valence-corrected chi connectivity index (χ2v) is 7.20. The lowest BCUT2D eigenvalue weighted by atomic mass is 10.2. The zero-order chi connectivity index (χ0) is 15.0. The molecule has 0 N–H and O–H groups in total. The van der Waals surface area contributed by atoms with Crippen molar-refractivity contribution in [2.24, 2.45) is 7.05 Å². The predicted octanol–water partition coefficient (Wildman–Crippen LogP) is 0.147. The zero-order valence-electron chi connectivity index (χ0n) is 11.0. The molecule has 0 atom stereocenters. The number of amides is 1. The Kier molecular flexibility index (Phi) is 3.41. The van der Waals surface area contributed by atoms with Crippen LogP contribution in [0.3, 0.4) is 0 Å². The molecule has 1 aromatic carbocycles. The summed E-state index contributed by atoms with van der Waals surface area (Å²) >= 11 is 1.29. The number of nitrogens with zero attached hydrogens (tertiary/aromatic N) is 5. The van der Waals surface area contributed by atoms with Crippen molar-refractivity contribution in [1.82, 2.24) is 24.5 Å². The summed E-state index contributed by atoms with van der Waals surface area (Å²) in [7, 11) is -2.04. The molecule has 110 valence electrons. The smallest absolute Gasteiger partial charge is 0.268 e. The fourth-order valence-corrected chi connectivity index (χ4v) is 4.47. The van der Waals surface area contributed by atoms with Crippen LogP contribution < -0.4 is 0 Å². The van der Waals surface area contributed by atoms with Gasteiger partial charge in [-0.05, 0) is 22.6 Å². The number of carbonyl (C=O) groups is 1. The Hall–Kier alpha value is -1.94. The average Bonchev–Trinajstić information content (AvgIpc) is 2.95. The Bertz CT molecular complexity index is 802. The number of hydrogen-bond acceptors (Lipinski definition) is 7. The topological polar surface area (TPSA) is 98.1 Å². The molecular formula is C11H11N5O3S2. The summed E-state index contributed by atoms with van der Waals surface area (Å²) in [5.74, 6) is -0.102. The van der Waals surface area contributed by atoms with E-state index in [0.29, 0.717) is 10.9 Å². The molecule has 0 radical (unpaired) electrons. The normalized spacial score (nSPS) is 16.2. The molecule has 1 aliphatic rings. The van der Waals surface area contributed by atoms with Crippen molar-refractivity contribution in [3.63, 3.8) is 0 Å². The van der Waals surface area contributed by atoms with Gasteiger partial charge in [0.15, 0.2) is 0 Å². The van der Waals surface area contributed by atoms with Crippen molar-refractivity contribution in [2.75, 3.05) is 12.3 Å². The van der Waals surface area contributed by atoms with E-state index in [1.54, 1.807) is 19.2 Å². The Morgan fingerprint density at radius 2 is 2.05 bits per heavy atom. The van der Waals surface area contributed by atoms with Crippen LogP contribution in [0.4, 0.5) is 0 Å². The minimum absolute atomic E-state index is 0.0697. The molecule has 8 nitrogen and oxygen atoms in total. The highest BCUT2D eigenvalue weighted by Crippen LogP contribution is 2.30. The van der Waals surface area contributed by atoms with Gasteiger partial charge in [-0.2, -0.15) is 0 Å². The summed E-state index contributed by atoms with van der Waals surface area (Å²) in [6.45, 7) is 0.0768. The van der Waals surface area contributed by atoms with Crippen LogP contribution in [-0.2, 0) is 17.1 Å².